The number of halogens is 3. The summed E-state index contributed by atoms with van der Waals surface area (Å²) in [6, 6.07) is 0.894. The summed E-state index contributed by atoms with van der Waals surface area (Å²) < 4.78 is 0. The summed E-state index contributed by atoms with van der Waals surface area (Å²) in [5.74, 6) is -1.21. The van der Waals surface area contributed by atoms with Crippen LogP contribution in [0, 0.1) is 30.3 Å². The minimum absolute atomic E-state index is 0.250. The number of rotatable bonds is 3. The Labute approximate surface area is 145 Å². The van der Waals surface area contributed by atoms with Crippen LogP contribution < -0.4 is 0 Å². The van der Waals surface area contributed by atoms with Crippen molar-refractivity contribution in [2.45, 2.75) is 6.92 Å². The van der Waals surface area contributed by atoms with Gasteiger partial charge < -0.3 is 10.2 Å². The van der Waals surface area contributed by atoms with Crippen molar-refractivity contribution in [3.05, 3.63) is 42.5 Å². The van der Waals surface area contributed by atoms with E-state index in [9.17, 15) is 30.3 Å². The molecular weight excluding hydrogens is 428 g/mol. The molecule has 0 spiro atoms. The molecule has 15 heteroatoms. The molecule has 0 bridgehead atoms. The van der Waals surface area contributed by atoms with Crippen molar-refractivity contribution in [3.63, 3.8) is 0 Å². The zero-order chi connectivity index (χ0) is 18.7. The normalized spacial score (nSPS) is 9.52. The Morgan fingerprint density at radius 2 is 1.26 bits per heavy atom. The van der Waals surface area contributed by atoms with E-state index in [1.807, 2.05) is 0 Å². The predicted octanol–water partition coefficient (Wildman–Crippen LogP) is 3.18. The van der Waals surface area contributed by atoms with Gasteiger partial charge in [-0.3, -0.25) is 30.3 Å². The molecule has 0 atom stereocenters. The molecule has 0 amide bonds. The molecule has 0 heterocycles. The van der Waals surface area contributed by atoms with E-state index in [1.165, 1.54) is 0 Å². The standard InChI is InChI=1S/C6H3N3O7.C2H6O.3ClH.Fe/c10-6-4(8(13)14)1-3(7(11)12)2-5(6)9(15)16;1-2-3;;;;/h1-2,10H;3H,2H2,1H3;3*1H;/q;;;;;+3/p-3. The molecule has 0 aliphatic carbocycles. The van der Waals surface area contributed by atoms with E-state index in [0.29, 0.717) is 12.1 Å². The molecule has 1 aromatic carbocycles. The van der Waals surface area contributed by atoms with Crippen LogP contribution in [0.3, 0.4) is 0 Å². The topological polar surface area (TPSA) is 170 Å². The van der Waals surface area contributed by atoms with E-state index in [2.05, 4.69) is 0 Å². The van der Waals surface area contributed by atoms with Crippen LogP contribution in [0.4, 0.5) is 17.1 Å². The van der Waals surface area contributed by atoms with Gasteiger partial charge in [0, 0.05) is 6.61 Å². The summed E-state index contributed by atoms with van der Waals surface area (Å²) in [6.07, 6.45) is 0. The van der Waals surface area contributed by atoms with Gasteiger partial charge in [-0.15, -0.1) is 0 Å². The molecule has 23 heavy (non-hydrogen) atoms. The second-order valence-corrected chi connectivity index (χ2v) is 8.54. The number of hydrogen-bond donors (Lipinski definition) is 2. The fourth-order valence-electron chi connectivity index (χ4n) is 0.974. The fraction of sp³-hybridized carbons (Fsp3) is 0.250. The van der Waals surface area contributed by atoms with Crippen LogP contribution in [0.15, 0.2) is 12.1 Å². The number of nitro benzene ring substituents is 3. The molecule has 0 aromatic heterocycles. The van der Waals surface area contributed by atoms with Crippen LogP contribution >= 0.6 is 30.3 Å². The van der Waals surface area contributed by atoms with Gasteiger partial charge in [-0.05, 0) is 6.92 Å². The van der Waals surface area contributed by atoms with E-state index in [1.54, 1.807) is 6.92 Å². The van der Waals surface area contributed by atoms with Gasteiger partial charge in [-0.2, -0.15) is 0 Å². The molecule has 0 unspecified atom stereocenters. The first-order valence-corrected chi connectivity index (χ1v) is 9.63. The summed E-state index contributed by atoms with van der Waals surface area (Å²) >= 11 is -1.33. The van der Waals surface area contributed by atoms with E-state index in [4.69, 9.17) is 40.5 Å². The Morgan fingerprint density at radius 3 is 1.43 bits per heavy atom. The number of nitrogens with zero attached hydrogens (tertiary/aromatic N) is 3. The van der Waals surface area contributed by atoms with Crippen LogP contribution in [-0.2, 0) is 11.2 Å². The first-order valence-electron chi connectivity index (χ1n) is 5.07. The molecule has 0 saturated heterocycles. The average molecular weight is 437 g/mol. The van der Waals surface area contributed by atoms with Gasteiger partial charge in [0.1, 0.15) is 0 Å². The number of aromatic hydroxyl groups is 1. The Hall–Kier alpha value is -1.43. The molecular formula is C8H9Cl3FeN3O8. The SMILES string of the molecule is CCO.O=[N+]([O-])c1cc([N+](=O)[O-])c(O)c([N+](=O)[O-])c1.[Cl][Fe]([Cl])[Cl]. The second kappa shape index (κ2) is 12.0. The molecule has 0 aliphatic heterocycles. The van der Waals surface area contributed by atoms with Crippen LogP contribution in [-0.4, -0.2) is 31.6 Å². The summed E-state index contributed by atoms with van der Waals surface area (Å²) in [7, 11) is 14.7. The monoisotopic (exact) mass is 436 g/mol. The van der Waals surface area contributed by atoms with Crippen molar-refractivity contribution in [2.24, 2.45) is 0 Å². The van der Waals surface area contributed by atoms with Gasteiger partial charge in [0.05, 0.1) is 26.9 Å². The number of phenols is 1. The molecule has 0 radical (unpaired) electrons. The molecule has 0 saturated carbocycles. The Kier molecular flexibility index (Phi) is 12.5. The van der Waals surface area contributed by atoms with E-state index in [0.717, 1.165) is 0 Å². The molecule has 133 valence electrons. The van der Waals surface area contributed by atoms with E-state index in [-0.39, 0.29) is 6.61 Å². The Balaban J connectivity index is 0. The molecule has 11 nitrogen and oxygen atoms in total. The third kappa shape index (κ3) is 10.0. The number of aliphatic hydroxyl groups is 1. The Bertz CT molecular complexity index is 536. The third-order valence-corrected chi connectivity index (χ3v) is 1.66. The molecule has 0 aliphatic rings. The number of benzene rings is 1. The van der Waals surface area contributed by atoms with Gasteiger partial charge in [0.15, 0.2) is 0 Å². The van der Waals surface area contributed by atoms with Crippen LogP contribution in [0.25, 0.3) is 0 Å². The molecule has 2 N–H and O–H groups in total. The van der Waals surface area contributed by atoms with Crippen molar-refractivity contribution in [1.82, 2.24) is 0 Å². The second-order valence-electron chi connectivity index (χ2n) is 3.07. The van der Waals surface area contributed by atoms with Gasteiger partial charge in [0.2, 0.25) is 0 Å². The predicted molar refractivity (Wildman–Crippen MR) is 78.4 cm³/mol. The zero-order valence-electron chi connectivity index (χ0n) is 11.0. The first kappa shape index (κ1) is 23.8. The van der Waals surface area contributed by atoms with Crippen molar-refractivity contribution in [3.8, 4) is 5.75 Å². The minimum atomic E-state index is -1.33. The summed E-state index contributed by atoms with van der Waals surface area (Å²) in [6.45, 7) is 1.93. The van der Waals surface area contributed by atoms with Gasteiger partial charge in [0.25, 0.3) is 11.4 Å². The van der Waals surface area contributed by atoms with Crippen molar-refractivity contribution in [1.29, 1.82) is 0 Å². The van der Waals surface area contributed by atoms with Gasteiger partial charge >= 0.3 is 52.8 Å². The average Bonchev–Trinajstić information content (AvgIpc) is 2.38. The fourth-order valence-corrected chi connectivity index (χ4v) is 0.974. The number of non-ortho nitro benzene ring substituents is 1. The zero-order valence-corrected chi connectivity index (χ0v) is 14.4. The maximum absolute atomic E-state index is 10.4. The number of hydrogen-bond acceptors (Lipinski definition) is 8. The third-order valence-electron chi connectivity index (χ3n) is 1.66. The first-order chi connectivity index (χ1) is 10.5. The van der Waals surface area contributed by atoms with E-state index >= 15 is 0 Å². The summed E-state index contributed by atoms with van der Waals surface area (Å²) in [4.78, 5) is 27.8. The van der Waals surface area contributed by atoms with Crippen LogP contribution in [0.1, 0.15) is 6.92 Å². The van der Waals surface area contributed by atoms with Crippen molar-refractivity contribution in [2.75, 3.05) is 6.61 Å². The number of aliphatic hydroxyl groups excluding tert-OH is 1. The maximum atomic E-state index is 10.4. The molecule has 1 aromatic rings. The quantitative estimate of drug-likeness (QED) is 0.412. The van der Waals surface area contributed by atoms with Gasteiger partial charge in [-0.25, -0.2) is 0 Å². The summed E-state index contributed by atoms with van der Waals surface area (Å²) in [5, 5.41) is 47.8. The van der Waals surface area contributed by atoms with Gasteiger partial charge in [-0.1, -0.05) is 0 Å². The Morgan fingerprint density at radius 1 is 1.00 bits per heavy atom. The van der Waals surface area contributed by atoms with Crippen molar-refractivity contribution >= 4 is 47.4 Å². The van der Waals surface area contributed by atoms with Crippen LogP contribution in [0.2, 0.25) is 0 Å². The molecule has 0 fully saturated rings. The molecule has 1 rings (SSSR count). The number of nitro groups is 3. The summed E-state index contributed by atoms with van der Waals surface area (Å²) in [5.41, 5.74) is -3.00. The van der Waals surface area contributed by atoms with Crippen LogP contribution in [0.5, 0.6) is 5.75 Å². The van der Waals surface area contributed by atoms with Crippen molar-refractivity contribution < 1.29 is 36.1 Å². The van der Waals surface area contributed by atoms with E-state index < -0.39 is 48.7 Å². The number of phenolic OH excluding ortho intramolecular Hbond substituents is 1.